The van der Waals surface area contributed by atoms with Crippen LogP contribution in [0.1, 0.15) is 201 Å². The number of amides is 9. The molecule has 1 aliphatic rings. The largest absolute Gasteiger partial charge is 0.395 e. The minimum Gasteiger partial charge on any atom is -0.395 e. The van der Waals surface area contributed by atoms with E-state index in [-0.39, 0.29) is 61.9 Å². The van der Waals surface area contributed by atoms with Crippen LogP contribution in [-0.4, -0.2) is 159 Å². The smallest absolute Gasteiger partial charge is 0.246 e. The van der Waals surface area contributed by atoms with E-state index in [1.54, 1.807) is 46.4 Å². The minimum absolute atomic E-state index is 0.0298. The molecule has 11 N–H and O–H groups in total. The summed E-state index contributed by atoms with van der Waals surface area (Å²) in [4.78, 5) is 138. The van der Waals surface area contributed by atoms with E-state index in [0.717, 1.165) is 32.1 Å². The lowest BCUT2D eigenvalue weighted by molar-refractivity contribution is -0.142. The zero-order chi connectivity index (χ0) is 61.3. The van der Waals surface area contributed by atoms with Crippen LogP contribution >= 0.6 is 0 Å². The fraction of sp³-hybridized carbons (Fsp3) is 0.828. The molecule has 460 valence electrons. The maximum absolute atomic E-state index is 14.1. The first-order valence-electron chi connectivity index (χ1n) is 29.5. The van der Waals surface area contributed by atoms with Crippen LogP contribution in [0.4, 0.5) is 0 Å². The van der Waals surface area contributed by atoms with Crippen LogP contribution in [0.25, 0.3) is 0 Å². The number of carbonyl (C=O) groups is 10. The Labute approximate surface area is 477 Å². The van der Waals surface area contributed by atoms with Crippen LogP contribution in [0.5, 0.6) is 0 Å². The monoisotopic (exact) mass is 1130 g/mol. The highest BCUT2D eigenvalue weighted by molar-refractivity contribution is 6.00. The van der Waals surface area contributed by atoms with Crippen LogP contribution in [0, 0.1) is 23.7 Å². The number of rotatable bonds is 38. The molecule has 0 saturated carbocycles. The van der Waals surface area contributed by atoms with Crippen LogP contribution in [0.2, 0.25) is 0 Å². The Balaban J connectivity index is 3.22. The summed E-state index contributed by atoms with van der Waals surface area (Å²) in [6.07, 6.45) is 8.08. The van der Waals surface area contributed by atoms with Gasteiger partial charge < -0.3 is 63.0 Å². The highest BCUT2D eigenvalue weighted by atomic mass is 16.3. The topological polar surface area (TPSA) is 323 Å². The molecule has 0 aromatic heterocycles. The molecule has 0 aromatic carbocycles. The van der Waals surface area contributed by atoms with Crippen molar-refractivity contribution < 1.29 is 58.2 Å². The van der Waals surface area contributed by atoms with Gasteiger partial charge in [0, 0.05) is 44.4 Å². The number of unbranched alkanes of at least 4 members (excludes halogenated alkanes) is 5. The first-order chi connectivity index (χ1) is 37.2. The van der Waals surface area contributed by atoms with E-state index < -0.39 is 112 Å². The van der Waals surface area contributed by atoms with Crippen LogP contribution < -0.4 is 47.9 Å². The summed E-state index contributed by atoms with van der Waals surface area (Å²) in [7, 11) is 0. The Hall–Kier alpha value is -5.22. The summed E-state index contributed by atoms with van der Waals surface area (Å²) in [6, 6.07) is -5.99. The molecule has 0 spiro atoms. The molecule has 22 nitrogen and oxygen atoms in total. The fourth-order valence-electron chi connectivity index (χ4n) is 9.34. The summed E-state index contributed by atoms with van der Waals surface area (Å²) in [5.41, 5.74) is -4.64. The highest BCUT2D eigenvalue weighted by Gasteiger charge is 2.42. The van der Waals surface area contributed by atoms with Gasteiger partial charge in [-0.2, -0.15) is 0 Å². The quantitative estimate of drug-likeness (QED) is 0.0397. The molecule has 1 rings (SSSR count). The number of nitrogens with zero attached hydrogens (tertiary/aromatic N) is 1. The van der Waals surface area contributed by atoms with Gasteiger partial charge in [-0.25, -0.2) is 0 Å². The van der Waals surface area contributed by atoms with Gasteiger partial charge in [0.1, 0.15) is 52.6 Å². The molecule has 10 atom stereocenters. The Morgan fingerprint density at radius 3 is 1.79 bits per heavy atom. The van der Waals surface area contributed by atoms with Gasteiger partial charge in [0.05, 0.1) is 12.7 Å². The lowest BCUT2D eigenvalue weighted by Gasteiger charge is -2.35. The van der Waals surface area contributed by atoms with E-state index in [2.05, 4.69) is 54.8 Å². The third-order valence-electron chi connectivity index (χ3n) is 15.0. The molecule has 1 saturated heterocycles. The number of hydrogen-bond donors (Lipinski definition) is 11. The summed E-state index contributed by atoms with van der Waals surface area (Å²) in [5, 5.41) is 44.6. The maximum atomic E-state index is 14.1. The molecule has 22 heteroatoms. The van der Waals surface area contributed by atoms with Crippen molar-refractivity contribution in [3.63, 3.8) is 0 Å². The number of ketones is 1. The SMILES string of the molecule is CCCCCCCCC(C)C(=O)N1CCC[C@H]1C(=O)NC(CC(C)CC(O)CC(=O)CC)C(=O)N[C@@H](C)C(=O)NC(C)(C)C(=O)N[C@H](C(=O)N[C@H](C(=O)NC(C)(C)C(=O)NC(C)(C)C(=O)NC(C)CNCCO)[C@@H](C)CC)C(C)C. The lowest BCUT2D eigenvalue weighted by Crippen LogP contribution is -2.66. The van der Waals surface area contributed by atoms with Crippen molar-refractivity contribution in [3.05, 3.63) is 0 Å². The van der Waals surface area contributed by atoms with Gasteiger partial charge in [-0.1, -0.05) is 100 Å². The van der Waals surface area contributed by atoms with Crippen LogP contribution in [0.3, 0.4) is 0 Å². The average Bonchev–Trinajstić information content (AvgIpc) is 3.87. The number of aliphatic hydroxyl groups excluding tert-OH is 2. The molecule has 1 heterocycles. The first kappa shape index (κ1) is 72.8. The number of aliphatic hydroxyl groups is 2. The second-order valence-corrected chi connectivity index (χ2v) is 24.4. The van der Waals surface area contributed by atoms with Gasteiger partial charge in [-0.15, -0.1) is 0 Å². The second-order valence-electron chi connectivity index (χ2n) is 24.4. The number of hydrogen-bond acceptors (Lipinski definition) is 13. The molecule has 80 heavy (non-hydrogen) atoms. The average molecular weight is 1140 g/mol. The number of Topliss-reactive ketones (excluding diaryl/α,β-unsaturated/α-hetero) is 1. The molecular weight excluding hydrogens is 1030 g/mol. The zero-order valence-electron chi connectivity index (χ0n) is 51.5. The van der Waals surface area contributed by atoms with Gasteiger partial charge >= 0.3 is 0 Å². The van der Waals surface area contributed by atoms with Crippen molar-refractivity contribution >= 4 is 58.9 Å². The van der Waals surface area contributed by atoms with Crippen molar-refractivity contribution in [3.8, 4) is 0 Å². The van der Waals surface area contributed by atoms with Crippen molar-refractivity contribution in [2.24, 2.45) is 23.7 Å². The molecule has 5 unspecified atom stereocenters. The predicted molar refractivity (Wildman–Crippen MR) is 308 cm³/mol. The van der Waals surface area contributed by atoms with E-state index in [0.29, 0.717) is 45.3 Å². The van der Waals surface area contributed by atoms with Crippen molar-refractivity contribution in [1.82, 2.24) is 52.8 Å². The Morgan fingerprint density at radius 2 is 1.20 bits per heavy atom. The van der Waals surface area contributed by atoms with Gasteiger partial charge in [0.25, 0.3) is 0 Å². The normalized spacial score (nSPS) is 17.3. The molecule has 0 aliphatic carbocycles. The maximum Gasteiger partial charge on any atom is 0.246 e. The summed E-state index contributed by atoms with van der Waals surface area (Å²) in [6.45, 7) is 27.5. The van der Waals surface area contributed by atoms with Crippen LogP contribution in [-0.2, 0) is 47.9 Å². The van der Waals surface area contributed by atoms with Gasteiger partial charge in [0.15, 0.2) is 0 Å². The minimum atomic E-state index is -1.67. The number of likely N-dealkylation sites (tertiary alicyclic amines) is 1. The summed E-state index contributed by atoms with van der Waals surface area (Å²) < 4.78 is 0. The Bertz CT molecular complexity index is 2050. The predicted octanol–water partition coefficient (Wildman–Crippen LogP) is 2.94. The van der Waals surface area contributed by atoms with E-state index in [1.165, 1.54) is 54.9 Å². The van der Waals surface area contributed by atoms with Crippen molar-refractivity contribution in [1.29, 1.82) is 0 Å². The standard InChI is InChI=1S/C58H106N10O12/c1-17-20-21-22-23-24-26-38(8)52(77)68-29-25-27-44(68)49(74)62-43(32-36(6)31-42(71)33-41(70)19-3)48(73)61-40(10)47(72)65-56(11,12)54(79)64-45(35(4)5)50(75)63-46(37(7)18-2)51(76)66-58(15,16)55(80)67-57(13,14)53(78)60-39(9)34-59-28-30-69/h35-40,42-46,59,69,71H,17-34H2,1-16H3,(H,60,78)(H,61,73)(H,62,74)(H,63,75)(H,64,79)(H,65,72)(H,66,76)(H,67,80)/t36?,37-,38?,39?,40-,42?,43?,44-,45-,46-/m0/s1. The van der Waals surface area contributed by atoms with Gasteiger partial charge in [-0.3, -0.25) is 47.9 Å². The van der Waals surface area contributed by atoms with Crippen LogP contribution in [0.15, 0.2) is 0 Å². The van der Waals surface area contributed by atoms with Gasteiger partial charge in [0.2, 0.25) is 53.2 Å². The zero-order valence-corrected chi connectivity index (χ0v) is 51.5. The second kappa shape index (κ2) is 34.9. The third kappa shape index (κ3) is 24.9. The molecule has 9 amide bonds. The van der Waals surface area contributed by atoms with Crippen molar-refractivity contribution in [2.45, 2.75) is 260 Å². The number of carbonyl (C=O) groups excluding carboxylic acids is 10. The van der Waals surface area contributed by atoms with E-state index in [1.807, 2.05) is 13.8 Å². The molecular formula is C58H106N10O12. The van der Waals surface area contributed by atoms with Gasteiger partial charge in [-0.05, 0) is 105 Å². The van der Waals surface area contributed by atoms with E-state index >= 15 is 0 Å². The number of nitrogens with one attached hydrogen (secondary N) is 9. The van der Waals surface area contributed by atoms with Crippen molar-refractivity contribution in [2.75, 3.05) is 26.2 Å². The molecule has 0 radical (unpaired) electrons. The van der Waals surface area contributed by atoms with E-state index in [4.69, 9.17) is 5.11 Å². The Kier molecular flexibility index (Phi) is 31.8. The molecule has 1 fully saturated rings. The fourth-order valence-corrected chi connectivity index (χ4v) is 9.34. The first-order valence-corrected chi connectivity index (χ1v) is 29.5. The third-order valence-corrected chi connectivity index (χ3v) is 15.0. The highest BCUT2D eigenvalue weighted by Crippen LogP contribution is 2.24. The molecule has 0 bridgehead atoms. The summed E-state index contributed by atoms with van der Waals surface area (Å²) in [5.74, 6) is -7.20. The summed E-state index contributed by atoms with van der Waals surface area (Å²) >= 11 is 0. The lowest BCUT2D eigenvalue weighted by atomic mass is 9.92. The molecule has 1 aliphatic heterocycles. The van der Waals surface area contributed by atoms with E-state index in [9.17, 15) is 53.1 Å². The molecule has 0 aromatic rings. The Morgan fingerprint density at radius 1 is 0.625 bits per heavy atom.